The molecule has 3 nitrogen and oxygen atoms in total. The predicted octanol–water partition coefficient (Wildman–Crippen LogP) is 17.2. The summed E-state index contributed by atoms with van der Waals surface area (Å²) in [5, 5.41) is 15.7. The van der Waals surface area contributed by atoms with Crippen LogP contribution in [0.25, 0.3) is 122 Å². The molecule has 1 aliphatic rings. The van der Waals surface area contributed by atoms with Gasteiger partial charge in [0, 0.05) is 73.2 Å². The molecule has 0 amide bonds. The van der Waals surface area contributed by atoms with E-state index in [9.17, 15) is 0 Å². The molecule has 0 aliphatic carbocycles. The Morgan fingerprint density at radius 3 is 1.98 bits per heavy atom. The normalized spacial score (nSPS) is 14.9. The van der Waals surface area contributed by atoms with E-state index in [1.807, 2.05) is 22.7 Å². The van der Waals surface area contributed by atoms with E-state index in [1.165, 1.54) is 133 Å². The van der Waals surface area contributed by atoms with Gasteiger partial charge in [-0.15, -0.1) is 22.7 Å². The van der Waals surface area contributed by atoms with Crippen LogP contribution in [0.2, 0.25) is 0 Å². The first-order valence-corrected chi connectivity index (χ1v) is 24.3. The summed E-state index contributed by atoms with van der Waals surface area (Å²) in [6.07, 6.45) is 1.83. The van der Waals surface area contributed by atoms with E-state index in [2.05, 4.69) is 191 Å². The summed E-state index contributed by atoms with van der Waals surface area (Å²) in [5.74, 6) is 1.08. The van der Waals surface area contributed by atoms with Crippen LogP contribution in [-0.2, 0) is 6.42 Å². The van der Waals surface area contributed by atoms with Crippen molar-refractivity contribution in [1.29, 1.82) is 0 Å². The molecule has 0 saturated carbocycles. The van der Waals surface area contributed by atoms with Crippen molar-refractivity contribution in [3.05, 3.63) is 193 Å². The number of thiophene rings is 2. The number of rotatable bonds is 2. The molecule has 16 rings (SSSR count). The zero-order valence-electron chi connectivity index (χ0n) is 35.0. The Kier molecular flexibility index (Phi) is 6.74. The Bertz CT molecular complexity index is 4550. The van der Waals surface area contributed by atoms with Gasteiger partial charge in [-0.3, -0.25) is 4.57 Å². The number of hydrogen-bond acceptors (Lipinski definition) is 3. The molecule has 0 fully saturated rings. The monoisotopic (exact) mass is 861 g/mol. The van der Waals surface area contributed by atoms with Crippen LogP contribution in [0.3, 0.4) is 0 Å². The van der Waals surface area contributed by atoms with E-state index in [-0.39, 0.29) is 5.92 Å². The maximum Gasteiger partial charge on any atom is 0.121 e. The van der Waals surface area contributed by atoms with E-state index in [1.54, 1.807) is 0 Å². The SMILES string of the molecule is c1cc(-c2cccc3sc4ccccc4c23)cc(C2CCc3c(c4ccccc4c4ccccc34)N=C2n2c3ccc4sc5ccc6c7ccccc7n7c8cccc2c8c3c4c5c67)c1. The topological polar surface area (TPSA) is 21.7 Å². The van der Waals surface area contributed by atoms with Crippen LogP contribution in [-0.4, -0.2) is 14.8 Å². The van der Waals surface area contributed by atoms with Gasteiger partial charge in [-0.1, -0.05) is 133 Å². The van der Waals surface area contributed by atoms with Gasteiger partial charge < -0.3 is 4.40 Å². The van der Waals surface area contributed by atoms with Crippen LogP contribution in [0.4, 0.5) is 5.69 Å². The van der Waals surface area contributed by atoms with Crippen LogP contribution in [0.5, 0.6) is 0 Å². The first kappa shape index (κ1) is 34.9. The van der Waals surface area contributed by atoms with Crippen molar-refractivity contribution in [2.45, 2.75) is 18.8 Å². The van der Waals surface area contributed by atoms with Crippen LogP contribution < -0.4 is 0 Å². The van der Waals surface area contributed by atoms with Gasteiger partial charge in [-0.05, 0) is 99.8 Å². The molecule has 0 bridgehead atoms. The molecule has 10 aromatic carbocycles. The molecule has 0 spiro atoms. The Labute approximate surface area is 380 Å². The minimum Gasteiger partial charge on any atom is -0.308 e. The molecule has 1 aliphatic heterocycles. The number of aliphatic imine (C=N–C) groups is 1. The third kappa shape index (κ3) is 4.47. The predicted molar refractivity (Wildman–Crippen MR) is 280 cm³/mol. The highest BCUT2D eigenvalue weighted by atomic mass is 32.1. The second-order valence-electron chi connectivity index (χ2n) is 18.0. The molecule has 0 saturated heterocycles. The van der Waals surface area contributed by atoms with Gasteiger partial charge >= 0.3 is 0 Å². The van der Waals surface area contributed by atoms with E-state index < -0.39 is 0 Å². The summed E-state index contributed by atoms with van der Waals surface area (Å²) >= 11 is 3.80. The van der Waals surface area contributed by atoms with E-state index in [4.69, 9.17) is 4.99 Å². The molecule has 65 heavy (non-hydrogen) atoms. The fourth-order valence-electron chi connectivity index (χ4n) is 12.3. The number of para-hydroxylation sites is 1. The summed E-state index contributed by atoms with van der Waals surface area (Å²) in [5.41, 5.74) is 12.5. The van der Waals surface area contributed by atoms with Crippen LogP contribution in [0, 0.1) is 0 Å². The molecule has 1 atom stereocenters. The van der Waals surface area contributed by atoms with Crippen molar-refractivity contribution < 1.29 is 0 Å². The zero-order valence-corrected chi connectivity index (χ0v) is 36.6. The van der Waals surface area contributed by atoms with Crippen molar-refractivity contribution in [3.63, 3.8) is 0 Å². The molecule has 6 heterocycles. The van der Waals surface area contributed by atoms with Crippen molar-refractivity contribution >= 4 is 145 Å². The minimum atomic E-state index is -0.00622. The molecule has 15 aromatic rings. The van der Waals surface area contributed by atoms with Crippen LogP contribution in [0.15, 0.2) is 187 Å². The summed E-state index contributed by atoms with van der Waals surface area (Å²) in [6, 6.07) is 68.5. The standard InChI is InChI=1S/C60H35N3S2/c1-2-16-39-37(14-1)38-15-3-4-18-41(38)58-42(39)27-26-36(34-13-9-12-33(32-34)35-20-10-25-50-53(35)44-19-6-8-24-49(44)64-50)60(61-58)63-47-23-11-22-46-54(47)55-48(63)29-31-51-56(55)57-52(65-51)30-28-43-40-17-5-7-21-45(40)62(46)59(43)57/h1-25,28-32,36H,26-27H2. The van der Waals surface area contributed by atoms with Crippen molar-refractivity contribution in [1.82, 2.24) is 8.97 Å². The van der Waals surface area contributed by atoms with Crippen molar-refractivity contribution in [2.24, 2.45) is 4.99 Å². The smallest absolute Gasteiger partial charge is 0.121 e. The van der Waals surface area contributed by atoms with E-state index in [0.717, 1.165) is 24.4 Å². The number of fused-ring (bicyclic) bond motifs is 13. The van der Waals surface area contributed by atoms with Crippen molar-refractivity contribution in [2.75, 3.05) is 0 Å². The quantitative estimate of drug-likeness (QED) is 0.155. The molecule has 5 heteroatoms. The second-order valence-corrected chi connectivity index (χ2v) is 20.2. The lowest BCUT2D eigenvalue weighted by atomic mass is 9.87. The molecular formula is C60H35N3S2. The zero-order chi connectivity index (χ0) is 42.1. The summed E-state index contributed by atoms with van der Waals surface area (Å²) in [7, 11) is 0. The van der Waals surface area contributed by atoms with Gasteiger partial charge in [-0.25, -0.2) is 4.99 Å². The maximum atomic E-state index is 6.13. The van der Waals surface area contributed by atoms with Gasteiger partial charge in [0.2, 0.25) is 0 Å². The Morgan fingerprint density at radius 2 is 1.08 bits per heavy atom. The Morgan fingerprint density at radius 1 is 0.431 bits per heavy atom. The maximum absolute atomic E-state index is 6.13. The lowest BCUT2D eigenvalue weighted by Crippen LogP contribution is -2.21. The van der Waals surface area contributed by atoms with Gasteiger partial charge in [-0.2, -0.15) is 0 Å². The molecule has 302 valence electrons. The van der Waals surface area contributed by atoms with Gasteiger partial charge in [0.05, 0.1) is 33.3 Å². The average Bonchev–Trinajstić information content (AvgIpc) is 4.06. The Hall–Kier alpha value is -7.57. The summed E-state index contributed by atoms with van der Waals surface area (Å²) in [6.45, 7) is 0. The fourth-order valence-corrected chi connectivity index (χ4v) is 14.5. The van der Waals surface area contributed by atoms with Gasteiger partial charge in [0.1, 0.15) is 5.84 Å². The Balaban J connectivity index is 1.04. The molecule has 0 radical (unpaired) electrons. The number of benzene rings is 10. The largest absolute Gasteiger partial charge is 0.308 e. The van der Waals surface area contributed by atoms with E-state index in [0.29, 0.717) is 0 Å². The fraction of sp³-hybridized carbons (Fsp3) is 0.0500. The third-order valence-electron chi connectivity index (χ3n) is 14.9. The molecule has 1 unspecified atom stereocenters. The summed E-state index contributed by atoms with van der Waals surface area (Å²) in [4.78, 5) is 6.13. The van der Waals surface area contributed by atoms with Gasteiger partial charge in [0.15, 0.2) is 0 Å². The number of aromatic nitrogens is 2. The molecule has 0 N–H and O–H groups in total. The van der Waals surface area contributed by atoms with Crippen molar-refractivity contribution in [3.8, 4) is 11.1 Å². The van der Waals surface area contributed by atoms with Gasteiger partial charge in [0.25, 0.3) is 0 Å². The molecule has 5 aromatic heterocycles. The first-order chi connectivity index (χ1) is 32.3. The highest BCUT2D eigenvalue weighted by Gasteiger charge is 2.32. The number of nitrogens with zero attached hydrogens (tertiary/aromatic N) is 3. The van der Waals surface area contributed by atoms with Crippen LogP contribution >= 0.6 is 22.7 Å². The highest BCUT2D eigenvalue weighted by molar-refractivity contribution is 7.26. The lowest BCUT2D eigenvalue weighted by Gasteiger charge is -2.22. The average molecular weight is 862 g/mol. The highest BCUT2D eigenvalue weighted by Crippen LogP contribution is 2.51. The van der Waals surface area contributed by atoms with E-state index >= 15 is 0 Å². The molecular weight excluding hydrogens is 827 g/mol. The minimum absolute atomic E-state index is 0.00622. The number of hydrogen-bond donors (Lipinski definition) is 0. The summed E-state index contributed by atoms with van der Waals surface area (Å²) < 4.78 is 10.5. The van der Waals surface area contributed by atoms with Crippen LogP contribution in [0.1, 0.15) is 23.5 Å². The second kappa shape index (κ2) is 12.6. The first-order valence-electron chi connectivity index (χ1n) is 22.6. The third-order valence-corrected chi connectivity index (χ3v) is 17.1. The number of aryl methyl sites for hydroxylation is 1. The lowest BCUT2D eigenvalue weighted by molar-refractivity contribution is 0.764.